The van der Waals surface area contributed by atoms with Crippen molar-refractivity contribution in [2.45, 2.75) is 20.3 Å². The second kappa shape index (κ2) is 12.1. The second-order valence-corrected chi connectivity index (χ2v) is 8.20. The number of aryl methyl sites for hydroxylation is 1. The first-order valence-corrected chi connectivity index (χ1v) is 12.3. The third-order valence-electron chi connectivity index (χ3n) is 5.83. The van der Waals surface area contributed by atoms with Gasteiger partial charge in [0.25, 0.3) is 5.56 Å². The van der Waals surface area contributed by atoms with Crippen molar-refractivity contribution in [2.24, 2.45) is 5.10 Å². The van der Waals surface area contributed by atoms with E-state index in [1.807, 2.05) is 19.9 Å². The van der Waals surface area contributed by atoms with Crippen molar-refractivity contribution in [1.29, 1.82) is 0 Å². The van der Waals surface area contributed by atoms with Gasteiger partial charge in [0.15, 0.2) is 23.0 Å². The highest BCUT2D eigenvalue weighted by molar-refractivity contribution is 5.93. The minimum Gasteiger partial charge on any atom is -0.493 e. The molecule has 0 spiro atoms. The molecule has 10 heteroatoms. The van der Waals surface area contributed by atoms with Crippen LogP contribution in [-0.4, -0.2) is 49.8 Å². The van der Waals surface area contributed by atoms with Gasteiger partial charge < -0.3 is 23.7 Å². The van der Waals surface area contributed by atoms with Crippen molar-refractivity contribution in [3.05, 3.63) is 81.9 Å². The summed E-state index contributed by atoms with van der Waals surface area (Å²) in [5, 5.41) is 4.89. The molecule has 0 fully saturated rings. The van der Waals surface area contributed by atoms with Crippen molar-refractivity contribution >= 4 is 23.1 Å². The Kier molecular flexibility index (Phi) is 8.45. The van der Waals surface area contributed by atoms with Crippen LogP contribution in [0.25, 0.3) is 10.9 Å². The first-order valence-electron chi connectivity index (χ1n) is 12.3. The van der Waals surface area contributed by atoms with Gasteiger partial charge in [-0.15, -0.1) is 0 Å². The number of nitrogens with zero attached hydrogens (tertiary/aromatic N) is 3. The molecule has 39 heavy (non-hydrogen) atoms. The lowest BCUT2D eigenvalue weighted by atomic mass is 10.1. The van der Waals surface area contributed by atoms with Crippen LogP contribution in [0.15, 0.2) is 64.5 Å². The molecule has 0 aliphatic carbocycles. The number of hydrogen-bond donors (Lipinski definition) is 0. The monoisotopic (exact) mass is 531 g/mol. The molecule has 0 saturated carbocycles. The fourth-order valence-corrected chi connectivity index (χ4v) is 3.96. The number of esters is 1. The number of carbonyl (C=O) groups is 1. The predicted octanol–water partition coefficient (Wildman–Crippen LogP) is 4.48. The zero-order valence-electron chi connectivity index (χ0n) is 22.4. The van der Waals surface area contributed by atoms with Gasteiger partial charge in [-0.2, -0.15) is 9.78 Å². The lowest BCUT2D eigenvalue weighted by molar-refractivity contribution is 0.0727. The van der Waals surface area contributed by atoms with Gasteiger partial charge in [0.1, 0.15) is 5.82 Å². The highest BCUT2D eigenvalue weighted by Crippen LogP contribution is 2.39. The van der Waals surface area contributed by atoms with Crippen molar-refractivity contribution in [1.82, 2.24) is 9.66 Å². The van der Waals surface area contributed by atoms with Crippen molar-refractivity contribution < 1.29 is 28.5 Å². The summed E-state index contributed by atoms with van der Waals surface area (Å²) in [5.74, 6) is 1.46. The highest BCUT2D eigenvalue weighted by Gasteiger charge is 2.20. The van der Waals surface area contributed by atoms with Crippen LogP contribution in [0.1, 0.15) is 35.6 Å². The predicted molar refractivity (Wildman–Crippen MR) is 147 cm³/mol. The molecule has 1 heterocycles. The number of carbonyl (C=O) groups excluding carboxylic acids is 1. The van der Waals surface area contributed by atoms with Crippen molar-refractivity contribution in [3.8, 4) is 28.7 Å². The molecule has 4 aromatic rings. The molecule has 0 radical (unpaired) electrons. The Morgan fingerprint density at radius 2 is 1.64 bits per heavy atom. The molecule has 0 saturated heterocycles. The molecule has 0 aliphatic rings. The molecule has 4 rings (SSSR count). The van der Waals surface area contributed by atoms with E-state index in [-0.39, 0.29) is 16.9 Å². The maximum Gasteiger partial charge on any atom is 0.343 e. The average molecular weight is 532 g/mol. The maximum atomic E-state index is 13.0. The number of benzene rings is 3. The van der Waals surface area contributed by atoms with Gasteiger partial charge in [-0.3, -0.25) is 4.79 Å². The topological polar surface area (TPSA) is 110 Å². The summed E-state index contributed by atoms with van der Waals surface area (Å²) in [6.45, 7) is 4.07. The smallest absolute Gasteiger partial charge is 0.343 e. The molecule has 0 amide bonds. The molecule has 0 bridgehead atoms. The SMILES string of the molecule is CCOc1cc(C=Nn2c(CC)nc3ccccc3c2=O)ccc1OC(=O)c1cc(OC)c(OC)c(OC)c1. The van der Waals surface area contributed by atoms with Crippen LogP contribution in [0, 0.1) is 0 Å². The van der Waals surface area contributed by atoms with Crippen molar-refractivity contribution in [3.63, 3.8) is 0 Å². The Balaban J connectivity index is 1.64. The molecule has 1 aromatic heterocycles. The van der Waals surface area contributed by atoms with Crippen LogP contribution in [0.5, 0.6) is 28.7 Å². The van der Waals surface area contributed by atoms with E-state index in [9.17, 15) is 9.59 Å². The zero-order chi connectivity index (χ0) is 27.9. The Morgan fingerprint density at radius 1 is 0.923 bits per heavy atom. The fraction of sp³-hybridized carbons (Fsp3) is 0.241. The van der Waals surface area contributed by atoms with E-state index in [1.165, 1.54) is 44.4 Å². The lowest BCUT2D eigenvalue weighted by Crippen LogP contribution is -2.22. The molecule has 0 N–H and O–H groups in total. The van der Waals surface area contributed by atoms with Gasteiger partial charge in [0.05, 0.1) is 50.6 Å². The second-order valence-electron chi connectivity index (χ2n) is 8.20. The largest absolute Gasteiger partial charge is 0.493 e. The molecule has 0 unspecified atom stereocenters. The molecule has 3 aromatic carbocycles. The highest BCUT2D eigenvalue weighted by atomic mass is 16.6. The molecule has 0 aliphatic heterocycles. The number of fused-ring (bicyclic) bond motifs is 1. The first-order chi connectivity index (χ1) is 18.9. The third-order valence-corrected chi connectivity index (χ3v) is 5.83. The zero-order valence-corrected chi connectivity index (χ0v) is 22.4. The lowest BCUT2D eigenvalue weighted by Gasteiger charge is -2.15. The summed E-state index contributed by atoms with van der Waals surface area (Å²) in [4.78, 5) is 30.6. The quantitative estimate of drug-likeness (QED) is 0.167. The van der Waals surface area contributed by atoms with Gasteiger partial charge in [-0.1, -0.05) is 19.1 Å². The number of hydrogen-bond acceptors (Lipinski definition) is 9. The standard InChI is InChI=1S/C29H29N3O7/c1-6-26-31-21-11-9-8-10-20(21)28(33)32(26)30-17-18-12-13-22(23(14-18)38-7-2)39-29(34)19-15-24(35-3)27(37-5)25(16-19)36-4/h8-17H,6-7H2,1-5H3. The first kappa shape index (κ1) is 27.2. The maximum absolute atomic E-state index is 13.0. The van der Waals surface area contributed by atoms with Crippen LogP contribution in [-0.2, 0) is 6.42 Å². The Bertz CT molecular complexity index is 1570. The summed E-state index contributed by atoms with van der Waals surface area (Å²) in [7, 11) is 4.41. The minimum atomic E-state index is -0.641. The van der Waals surface area contributed by atoms with Crippen molar-refractivity contribution in [2.75, 3.05) is 27.9 Å². The van der Waals surface area contributed by atoms with Crippen LogP contribution in [0.3, 0.4) is 0 Å². The number of methoxy groups -OCH3 is 3. The normalized spacial score (nSPS) is 11.0. The summed E-state index contributed by atoms with van der Waals surface area (Å²) in [5.41, 5.74) is 1.21. The number of rotatable bonds is 10. The molecule has 202 valence electrons. The summed E-state index contributed by atoms with van der Waals surface area (Å²) < 4.78 is 28.6. The minimum absolute atomic E-state index is 0.202. The van der Waals surface area contributed by atoms with E-state index in [0.29, 0.717) is 58.3 Å². The average Bonchev–Trinajstić information content (AvgIpc) is 2.96. The molecule has 0 atom stereocenters. The van der Waals surface area contributed by atoms with E-state index >= 15 is 0 Å². The van der Waals surface area contributed by atoms with E-state index < -0.39 is 5.97 Å². The van der Waals surface area contributed by atoms with E-state index in [2.05, 4.69) is 10.1 Å². The van der Waals surface area contributed by atoms with Gasteiger partial charge in [-0.25, -0.2) is 9.78 Å². The van der Waals surface area contributed by atoms with Gasteiger partial charge >= 0.3 is 5.97 Å². The van der Waals surface area contributed by atoms with Gasteiger partial charge in [0.2, 0.25) is 5.75 Å². The van der Waals surface area contributed by atoms with Crippen LogP contribution < -0.4 is 29.2 Å². The van der Waals surface area contributed by atoms with Gasteiger partial charge in [-0.05, 0) is 55.0 Å². The van der Waals surface area contributed by atoms with E-state index in [4.69, 9.17) is 23.7 Å². The van der Waals surface area contributed by atoms with E-state index in [1.54, 1.807) is 36.4 Å². The third kappa shape index (κ3) is 5.69. The van der Waals surface area contributed by atoms with E-state index in [0.717, 1.165) is 0 Å². The van der Waals surface area contributed by atoms with Crippen LogP contribution in [0.4, 0.5) is 0 Å². The molecular formula is C29H29N3O7. The summed E-state index contributed by atoms with van der Waals surface area (Å²) in [6, 6.07) is 15.1. The summed E-state index contributed by atoms with van der Waals surface area (Å²) >= 11 is 0. The fourth-order valence-electron chi connectivity index (χ4n) is 3.96. The molecular weight excluding hydrogens is 502 g/mol. The Labute approximate surface area is 225 Å². The Hall–Kier alpha value is -4.86. The van der Waals surface area contributed by atoms with Crippen LogP contribution in [0.2, 0.25) is 0 Å². The number of ether oxygens (including phenoxy) is 5. The number of aromatic nitrogens is 2. The van der Waals surface area contributed by atoms with Crippen LogP contribution >= 0.6 is 0 Å². The Morgan fingerprint density at radius 3 is 2.28 bits per heavy atom. The van der Waals surface area contributed by atoms with Gasteiger partial charge in [0, 0.05) is 6.42 Å². The molecule has 10 nitrogen and oxygen atoms in total. The number of para-hydroxylation sites is 1. The summed E-state index contributed by atoms with van der Waals surface area (Å²) in [6.07, 6.45) is 2.06.